The fourth-order valence-corrected chi connectivity index (χ4v) is 1.32. The van der Waals surface area contributed by atoms with Crippen LogP contribution in [0.15, 0.2) is 12.1 Å². The van der Waals surface area contributed by atoms with Gasteiger partial charge in [0, 0.05) is 0 Å². The van der Waals surface area contributed by atoms with Gasteiger partial charge in [-0.2, -0.15) is 0 Å². The summed E-state index contributed by atoms with van der Waals surface area (Å²) in [5.74, 6) is -3.38. The highest BCUT2D eigenvalue weighted by molar-refractivity contribution is 6.34. The van der Waals surface area contributed by atoms with Gasteiger partial charge in [0.2, 0.25) is 0 Å². The first-order valence-corrected chi connectivity index (χ1v) is 4.75. The van der Waals surface area contributed by atoms with Crippen molar-refractivity contribution in [2.75, 3.05) is 6.61 Å². The van der Waals surface area contributed by atoms with E-state index in [1.807, 2.05) is 0 Å². The molecular formula is C10H8ClFO4. The molecule has 6 heteroatoms. The number of benzene rings is 1. The first-order valence-electron chi connectivity index (χ1n) is 4.37. The highest BCUT2D eigenvalue weighted by Gasteiger charge is 2.20. The second kappa shape index (κ2) is 4.94. The number of hydrogen-bond donors (Lipinski definition) is 1. The molecule has 0 radical (unpaired) electrons. The van der Waals surface area contributed by atoms with Crippen LogP contribution in [0.1, 0.15) is 27.6 Å². The molecule has 0 aliphatic carbocycles. The minimum Gasteiger partial charge on any atom is -0.478 e. The van der Waals surface area contributed by atoms with E-state index in [1.165, 1.54) is 0 Å². The van der Waals surface area contributed by atoms with E-state index >= 15 is 0 Å². The Hall–Kier alpha value is -1.62. The minimum atomic E-state index is -1.45. The Bertz CT molecular complexity index is 445. The number of carboxylic acids is 1. The molecule has 0 heterocycles. The molecule has 0 atom stereocenters. The molecule has 4 nitrogen and oxygen atoms in total. The molecule has 0 aliphatic rings. The molecule has 0 bridgehead atoms. The summed E-state index contributed by atoms with van der Waals surface area (Å²) < 4.78 is 18.0. The molecule has 86 valence electrons. The van der Waals surface area contributed by atoms with E-state index in [-0.39, 0.29) is 12.2 Å². The number of esters is 1. The fraction of sp³-hybridized carbons (Fsp3) is 0.200. The zero-order valence-electron chi connectivity index (χ0n) is 8.29. The van der Waals surface area contributed by atoms with Gasteiger partial charge in [0.1, 0.15) is 0 Å². The zero-order chi connectivity index (χ0) is 12.3. The van der Waals surface area contributed by atoms with Gasteiger partial charge < -0.3 is 9.84 Å². The van der Waals surface area contributed by atoms with E-state index in [4.69, 9.17) is 16.7 Å². The highest BCUT2D eigenvalue weighted by Crippen LogP contribution is 2.24. The molecule has 16 heavy (non-hydrogen) atoms. The van der Waals surface area contributed by atoms with E-state index in [9.17, 15) is 14.0 Å². The van der Waals surface area contributed by atoms with Crippen LogP contribution in [-0.4, -0.2) is 23.7 Å². The molecule has 0 fully saturated rings. The Morgan fingerprint density at radius 3 is 2.50 bits per heavy atom. The van der Waals surface area contributed by atoms with Gasteiger partial charge in [0.15, 0.2) is 5.82 Å². The number of halogens is 2. The van der Waals surface area contributed by atoms with Crippen molar-refractivity contribution in [2.24, 2.45) is 0 Å². The Balaban J connectivity index is 3.21. The first-order chi connectivity index (χ1) is 7.49. The molecule has 0 unspecified atom stereocenters. The van der Waals surface area contributed by atoms with Crippen molar-refractivity contribution in [2.45, 2.75) is 6.92 Å². The molecule has 1 rings (SSSR count). The van der Waals surface area contributed by atoms with Crippen LogP contribution in [0.5, 0.6) is 0 Å². The summed E-state index contributed by atoms with van der Waals surface area (Å²) in [5.41, 5.74) is -0.774. The molecule has 0 amide bonds. The summed E-state index contributed by atoms with van der Waals surface area (Å²) in [4.78, 5) is 21.8. The lowest BCUT2D eigenvalue weighted by atomic mass is 10.1. The molecule has 0 spiro atoms. The fourth-order valence-electron chi connectivity index (χ4n) is 1.08. The van der Waals surface area contributed by atoms with Crippen LogP contribution in [0.4, 0.5) is 4.39 Å². The first kappa shape index (κ1) is 12.4. The molecular weight excluding hydrogens is 239 g/mol. The summed E-state index contributed by atoms with van der Waals surface area (Å²) in [7, 11) is 0. The third kappa shape index (κ3) is 2.30. The van der Waals surface area contributed by atoms with Gasteiger partial charge in [-0.25, -0.2) is 14.0 Å². The highest BCUT2D eigenvalue weighted by atomic mass is 35.5. The number of aromatic carboxylic acids is 1. The summed E-state index contributed by atoms with van der Waals surface area (Å²) in [6.45, 7) is 1.71. The van der Waals surface area contributed by atoms with Crippen LogP contribution >= 0.6 is 11.6 Å². The van der Waals surface area contributed by atoms with Crippen molar-refractivity contribution >= 4 is 23.5 Å². The lowest BCUT2D eigenvalue weighted by Crippen LogP contribution is -2.09. The number of carbonyl (C=O) groups is 2. The maximum absolute atomic E-state index is 13.4. The van der Waals surface area contributed by atoms with Gasteiger partial charge in [-0.05, 0) is 19.1 Å². The number of ether oxygens (including phenoxy) is 1. The van der Waals surface area contributed by atoms with Crippen molar-refractivity contribution in [3.63, 3.8) is 0 Å². The van der Waals surface area contributed by atoms with Crippen molar-refractivity contribution < 1.29 is 23.8 Å². The SMILES string of the molecule is CCOC(=O)c1ccc(C(=O)O)c(F)c1Cl. The predicted octanol–water partition coefficient (Wildman–Crippen LogP) is 2.35. The van der Waals surface area contributed by atoms with Crippen molar-refractivity contribution in [1.29, 1.82) is 0 Å². The Kier molecular flexibility index (Phi) is 3.84. The van der Waals surface area contributed by atoms with E-state index in [1.54, 1.807) is 6.92 Å². The smallest absolute Gasteiger partial charge is 0.339 e. The van der Waals surface area contributed by atoms with Crippen molar-refractivity contribution in [3.05, 3.63) is 34.1 Å². The maximum atomic E-state index is 13.4. The van der Waals surface area contributed by atoms with Crippen LogP contribution in [0, 0.1) is 5.82 Å². The Morgan fingerprint density at radius 2 is 2.00 bits per heavy atom. The number of rotatable bonds is 3. The van der Waals surface area contributed by atoms with E-state index < -0.39 is 28.3 Å². The lowest BCUT2D eigenvalue weighted by Gasteiger charge is -2.06. The minimum absolute atomic E-state index is 0.122. The second-order valence-electron chi connectivity index (χ2n) is 2.81. The average Bonchev–Trinajstić information content (AvgIpc) is 2.21. The Morgan fingerprint density at radius 1 is 1.44 bits per heavy atom. The van der Waals surface area contributed by atoms with E-state index in [0.29, 0.717) is 0 Å². The summed E-state index contributed by atoms with van der Waals surface area (Å²) in [6, 6.07) is 2.09. The normalized spacial score (nSPS) is 9.94. The molecule has 0 aliphatic heterocycles. The van der Waals surface area contributed by atoms with E-state index in [2.05, 4.69) is 4.74 Å². The van der Waals surface area contributed by atoms with Crippen molar-refractivity contribution in [1.82, 2.24) is 0 Å². The van der Waals surface area contributed by atoms with Crippen LogP contribution in [0.2, 0.25) is 5.02 Å². The standard InChI is InChI=1S/C10H8ClFO4/c1-2-16-10(15)5-3-4-6(9(13)14)8(12)7(5)11/h3-4H,2H2,1H3,(H,13,14). The topological polar surface area (TPSA) is 63.6 Å². The Labute approximate surface area is 95.6 Å². The summed E-state index contributed by atoms with van der Waals surface area (Å²) in [6.07, 6.45) is 0. The number of carbonyl (C=O) groups excluding carboxylic acids is 1. The third-order valence-corrected chi connectivity index (χ3v) is 2.18. The van der Waals surface area contributed by atoms with Crippen molar-refractivity contribution in [3.8, 4) is 0 Å². The predicted molar refractivity (Wildman–Crippen MR) is 54.3 cm³/mol. The van der Waals surface area contributed by atoms with Crippen LogP contribution in [0.3, 0.4) is 0 Å². The summed E-state index contributed by atoms with van der Waals surface area (Å²) in [5, 5.41) is 8.06. The van der Waals surface area contributed by atoms with Gasteiger partial charge in [0.25, 0.3) is 0 Å². The van der Waals surface area contributed by atoms with Gasteiger partial charge in [-0.1, -0.05) is 11.6 Å². The van der Waals surface area contributed by atoms with Gasteiger partial charge >= 0.3 is 11.9 Å². The molecule has 0 saturated heterocycles. The maximum Gasteiger partial charge on any atom is 0.339 e. The van der Waals surface area contributed by atoms with E-state index in [0.717, 1.165) is 12.1 Å². The summed E-state index contributed by atoms with van der Waals surface area (Å²) >= 11 is 5.53. The molecule has 0 saturated carbocycles. The van der Waals surface area contributed by atoms with Gasteiger partial charge in [-0.15, -0.1) is 0 Å². The third-order valence-electron chi connectivity index (χ3n) is 1.81. The largest absolute Gasteiger partial charge is 0.478 e. The second-order valence-corrected chi connectivity index (χ2v) is 3.19. The number of carboxylic acid groups (broad SMARTS) is 1. The van der Waals surface area contributed by atoms with Gasteiger partial charge in [-0.3, -0.25) is 0 Å². The molecule has 1 aromatic rings. The molecule has 0 aromatic heterocycles. The lowest BCUT2D eigenvalue weighted by molar-refractivity contribution is 0.0524. The van der Waals surface area contributed by atoms with Crippen LogP contribution in [0.25, 0.3) is 0 Å². The average molecular weight is 247 g/mol. The monoisotopic (exact) mass is 246 g/mol. The van der Waals surface area contributed by atoms with Gasteiger partial charge in [0.05, 0.1) is 22.8 Å². The quantitative estimate of drug-likeness (QED) is 0.832. The van der Waals surface area contributed by atoms with Crippen LogP contribution in [-0.2, 0) is 4.74 Å². The van der Waals surface area contributed by atoms with Crippen LogP contribution < -0.4 is 0 Å². The molecule has 1 aromatic carbocycles. The zero-order valence-corrected chi connectivity index (χ0v) is 9.05. The number of hydrogen-bond acceptors (Lipinski definition) is 3. The molecule has 1 N–H and O–H groups in total.